The van der Waals surface area contributed by atoms with Crippen molar-refractivity contribution >= 4 is 0 Å². The second-order valence-electron chi connectivity index (χ2n) is 5.25. The van der Waals surface area contributed by atoms with Gasteiger partial charge in [-0.3, -0.25) is 0 Å². The summed E-state index contributed by atoms with van der Waals surface area (Å²) in [7, 11) is 1.44. The molecule has 0 amide bonds. The van der Waals surface area contributed by atoms with E-state index in [9.17, 15) is 4.39 Å². The van der Waals surface area contributed by atoms with Crippen molar-refractivity contribution in [1.82, 2.24) is 15.3 Å². The SMILES string of the molecule is COc1cc(-c2nccc(CNCC(C)C)n2)ccc1F. The molecule has 0 spiro atoms. The van der Waals surface area contributed by atoms with Crippen molar-refractivity contribution < 1.29 is 9.13 Å². The number of methoxy groups -OCH3 is 1. The Balaban J connectivity index is 2.17. The van der Waals surface area contributed by atoms with Crippen LogP contribution in [0.5, 0.6) is 5.75 Å². The lowest BCUT2D eigenvalue weighted by molar-refractivity contribution is 0.386. The molecule has 0 aliphatic carbocycles. The van der Waals surface area contributed by atoms with Crippen LogP contribution in [0.1, 0.15) is 19.5 Å². The summed E-state index contributed by atoms with van der Waals surface area (Å²) in [5.74, 6) is 0.959. The molecule has 0 aliphatic rings. The maximum absolute atomic E-state index is 13.4. The van der Waals surface area contributed by atoms with E-state index in [1.807, 2.05) is 6.07 Å². The van der Waals surface area contributed by atoms with Gasteiger partial charge in [0.2, 0.25) is 0 Å². The lowest BCUT2D eigenvalue weighted by Gasteiger charge is -2.08. The molecule has 4 nitrogen and oxygen atoms in total. The molecule has 1 aromatic heterocycles. The van der Waals surface area contributed by atoms with E-state index in [1.165, 1.54) is 13.2 Å². The number of nitrogens with one attached hydrogen (secondary N) is 1. The van der Waals surface area contributed by atoms with Crippen LogP contribution in [0.25, 0.3) is 11.4 Å². The molecule has 2 rings (SSSR count). The summed E-state index contributed by atoms with van der Waals surface area (Å²) in [5, 5.41) is 3.34. The molecule has 112 valence electrons. The molecular formula is C16H20FN3O. The second-order valence-corrected chi connectivity index (χ2v) is 5.25. The van der Waals surface area contributed by atoms with Gasteiger partial charge >= 0.3 is 0 Å². The largest absolute Gasteiger partial charge is 0.494 e. The zero-order valence-electron chi connectivity index (χ0n) is 12.6. The molecule has 2 aromatic rings. The predicted octanol–water partition coefficient (Wildman–Crippen LogP) is 3.04. The zero-order chi connectivity index (χ0) is 15.2. The van der Waals surface area contributed by atoms with Crippen LogP contribution >= 0.6 is 0 Å². The Morgan fingerprint density at radius 3 is 2.81 bits per heavy atom. The van der Waals surface area contributed by atoms with E-state index in [-0.39, 0.29) is 5.75 Å². The standard InChI is InChI=1S/C16H20FN3O/c1-11(2)9-18-10-13-6-7-19-16(20-13)12-4-5-14(17)15(8-12)21-3/h4-8,11,18H,9-10H2,1-3H3. The van der Waals surface area contributed by atoms with Gasteiger partial charge in [0.1, 0.15) is 0 Å². The van der Waals surface area contributed by atoms with Gasteiger partial charge in [-0.1, -0.05) is 13.8 Å². The third-order valence-corrected chi connectivity index (χ3v) is 2.98. The monoisotopic (exact) mass is 289 g/mol. The van der Waals surface area contributed by atoms with Gasteiger partial charge < -0.3 is 10.1 Å². The summed E-state index contributed by atoms with van der Waals surface area (Å²) in [6, 6.07) is 6.49. The smallest absolute Gasteiger partial charge is 0.165 e. The molecule has 0 aliphatic heterocycles. The van der Waals surface area contributed by atoms with Crippen LogP contribution in [0.3, 0.4) is 0 Å². The molecule has 0 saturated heterocycles. The Kier molecular flexibility index (Phi) is 5.22. The van der Waals surface area contributed by atoms with Crippen LogP contribution in [0.4, 0.5) is 4.39 Å². The highest BCUT2D eigenvalue weighted by atomic mass is 19.1. The number of hydrogen-bond acceptors (Lipinski definition) is 4. The molecular weight excluding hydrogens is 269 g/mol. The van der Waals surface area contributed by atoms with Gasteiger partial charge in [0.05, 0.1) is 12.8 Å². The molecule has 1 N–H and O–H groups in total. The second kappa shape index (κ2) is 7.13. The highest BCUT2D eigenvalue weighted by Gasteiger charge is 2.08. The van der Waals surface area contributed by atoms with Crippen molar-refractivity contribution in [2.24, 2.45) is 5.92 Å². The van der Waals surface area contributed by atoms with E-state index in [0.717, 1.165) is 17.8 Å². The molecule has 0 saturated carbocycles. The normalized spacial score (nSPS) is 10.9. The highest BCUT2D eigenvalue weighted by molar-refractivity contribution is 5.57. The molecule has 0 radical (unpaired) electrons. The third-order valence-electron chi connectivity index (χ3n) is 2.98. The average Bonchev–Trinajstić information content (AvgIpc) is 2.47. The van der Waals surface area contributed by atoms with E-state index in [2.05, 4.69) is 29.1 Å². The van der Waals surface area contributed by atoms with E-state index >= 15 is 0 Å². The summed E-state index contributed by atoms with van der Waals surface area (Å²) < 4.78 is 18.4. The quantitative estimate of drug-likeness (QED) is 0.888. The Labute approximate surface area is 124 Å². The molecule has 0 atom stereocenters. The average molecular weight is 289 g/mol. The molecule has 0 bridgehead atoms. The number of rotatable bonds is 6. The fourth-order valence-electron chi connectivity index (χ4n) is 1.92. The van der Waals surface area contributed by atoms with Crippen molar-refractivity contribution in [2.75, 3.05) is 13.7 Å². The molecule has 0 unspecified atom stereocenters. The van der Waals surface area contributed by atoms with Crippen molar-refractivity contribution in [3.63, 3.8) is 0 Å². The van der Waals surface area contributed by atoms with Crippen LogP contribution in [0.15, 0.2) is 30.5 Å². The summed E-state index contributed by atoms with van der Waals surface area (Å²) in [6.45, 7) is 5.93. The summed E-state index contributed by atoms with van der Waals surface area (Å²) in [6.07, 6.45) is 1.71. The van der Waals surface area contributed by atoms with Gasteiger partial charge in [-0.2, -0.15) is 0 Å². The molecule has 21 heavy (non-hydrogen) atoms. The summed E-state index contributed by atoms with van der Waals surface area (Å²) >= 11 is 0. The number of hydrogen-bond donors (Lipinski definition) is 1. The van der Waals surface area contributed by atoms with E-state index < -0.39 is 5.82 Å². The van der Waals surface area contributed by atoms with E-state index in [4.69, 9.17) is 4.74 Å². The minimum atomic E-state index is -0.393. The first kappa shape index (κ1) is 15.4. The van der Waals surface area contributed by atoms with Crippen molar-refractivity contribution in [1.29, 1.82) is 0 Å². The van der Waals surface area contributed by atoms with Crippen LogP contribution in [-0.4, -0.2) is 23.6 Å². The first-order valence-electron chi connectivity index (χ1n) is 6.96. The zero-order valence-corrected chi connectivity index (χ0v) is 12.6. The van der Waals surface area contributed by atoms with Crippen LogP contribution in [-0.2, 0) is 6.54 Å². The minimum absolute atomic E-state index is 0.194. The molecule has 1 aromatic carbocycles. The lowest BCUT2D eigenvalue weighted by atomic mass is 10.2. The number of benzene rings is 1. The van der Waals surface area contributed by atoms with Gasteiger partial charge in [-0.25, -0.2) is 14.4 Å². The fourth-order valence-corrected chi connectivity index (χ4v) is 1.92. The Morgan fingerprint density at radius 1 is 1.29 bits per heavy atom. The van der Waals surface area contributed by atoms with Crippen LogP contribution in [0, 0.1) is 11.7 Å². The van der Waals surface area contributed by atoms with Crippen molar-refractivity contribution in [3.05, 3.63) is 42.0 Å². The predicted molar refractivity (Wildman–Crippen MR) is 80.5 cm³/mol. The molecule has 0 fully saturated rings. The van der Waals surface area contributed by atoms with Gasteiger partial charge in [-0.05, 0) is 36.7 Å². The maximum atomic E-state index is 13.4. The first-order valence-corrected chi connectivity index (χ1v) is 6.96. The van der Waals surface area contributed by atoms with Gasteiger partial charge in [0.25, 0.3) is 0 Å². The Bertz CT molecular complexity index is 602. The Hall–Kier alpha value is -2.01. The summed E-state index contributed by atoms with van der Waals surface area (Å²) in [5.41, 5.74) is 1.64. The molecule has 5 heteroatoms. The van der Waals surface area contributed by atoms with Crippen molar-refractivity contribution in [2.45, 2.75) is 20.4 Å². The van der Waals surface area contributed by atoms with E-state index in [1.54, 1.807) is 18.3 Å². The van der Waals surface area contributed by atoms with Crippen LogP contribution in [0.2, 0.25) is 0 Å². The number of nitrogens with zero attached hydrogens (tertiary/aromatic N) is 2. The lowest BCUT2D eigenvalue weighted by Crippen LogP contribution is -2.19. The van der Waals surface area contributed by atoms with Gasteiger partial charge in [-0.15, -0.1) is 0 Å². The fraction of sp³-hybridized carbons (Fsp3) is 0.375. The maximum Gasteiger partial charge on any atom is 0.165 e. The van der Waals surface area contributed by atoms with Crippen molar-refractivity contribution in [3.8, 4) is 17.1 Å². The number of halogens is 1. The summed E-state index contributed by atoms with van der Waals surface area (Å²) in [4.78, 5) is 8.73. The number of ether oxygens (including phenoxy) is 1. The van der Waals surface area contributed by atoms with Crippen LogP contribution < -0.4 is 10.1 Å². The molecule has 1 heterocycles. The van der Waals surface area contributed by atoms with Gasteiger partial charge in [0.15, 0.2) is 17.4 Å². The third kappa shape index (κ3) is 4.23. The van der Waals surface area contributed by atoms with E-state index in [0.29, 0.717) is 18.3 Å². The highest BCUT2D eigenvalue weighted by Crippen LogP contribution is 2.23. The Morgan fingerprint density at radius 2 is 2.10 bits per heavy atom. The first-order chi connectivity index (χ1) is 10.1. The van der Waals surface area contributed by atoms with Gasteiger partial charge in [0, 0.05) is 18.3 Å². The topological polar surface area (TPSA) is 47.0 Å². The number of aromatic nitrogens is 2. The minimum Gasteiger partial charge on any atom is -0.494 e.